The van der Waals surface area contributed by atoms with Gasteiger partial charge in [0.05, 0.1) is 12.2 Å². The number of hydrogen-bond acceptors (Lipinski definition) is 7. The van der Waals surface area contributed by atoms with E-state index in [1.807, 2.05) is 0 Å². The molecular weight excluding hydrogens is 425 g/mol. The highest BCUT2D eigenvalue weighted by atomic mass is 32.2. The fourth-order valence-corrected chi connectivity index (χ4v) is 4.71. The van der Waals surface area contributed by atoms with Crippen molar-refractivity contribution in [2.45, 2.75) is 29.8 Å². The van der Waals surface area contributed by atoms with Crippen molar-refractivity contribution < 1.29 is 31.2 Å². The second-order valence-corrected chi connectivity index (χ2v) is 8.61. The van der Waals surface area contributed by atoms with Gasteiger partial charge >= 0.3 is 12.4 Å². The average Bonchev–Trinajstić information content (AvgIpc) is 3.39. The second kappa shape index (κ2) is 7.76. The molecule has 0 saturated carbocycles. The third kappa shape index (κ3) is 3.92. The number of sulfonamides is 1. The van der Waals surface area contributed by atoms with Crippen LogP contribution in [0.15, 0.2) is 58.8 Å². The predicted molar refractivity (Wildman–Crippen MR) is 100 cm³/mol. The van der Waals surface area contributed by atoms with Crippen molar-refractivity contribution in [3.63, 3.8) is 0 Å². The van der Waals surface area contributed by atoms with Gasteiger partial charge in [-0.15, -0.1) is 0 Å². The normalized spacial score (nSPS) is 22.3. The summed E-state index contributed by atoms with van der Waals surface area (Å²) in [6, 6.07) is 9.14. The topological polar surface area (TPSA) is 84.3 Å². The Kier molecular flexibility index (Phi) is 5.28. The summed E-state index contributed by atoms with van der Waals surface area (Å²) < 4.78 is 72.2. The molecule has 1 saturated heterocycles. The first-order chi connectivity index (χ1) is 14.3. The number of pyridine rings is 1. The molecule has 0 aliphatic carbocycles. The van der Waals surface area contributed by atoms with Crippen LogP contribution in [0.2, 0.25) is 0 Å². The largest absolute Gasteiger partial charge is 0.487 e. The minimum Gasteiger partial charge on any atom is -0.487 e. The number of benzene rings is 1. The van der Waals surface area contributed by atoms with Crippen molar-refractivity contribution in [2.75, 3.05) is 18.0 Å². The molecule has 1 fully saturated rings. The Morgan fingerprint density at radius 2 is 1.97 bits per heavy atom. The first-order valence-electron chi connectivity index (χ1n) is 8.97. The number of aromatic nitrogens is 1. The van der Waals surface area contributed by atoms with Crippen LogP contribution in [0, 0.1) is 0 Å². The van der Waals surface area contributed by atoms with Gasteiger partial charge in [-0.2, -0.15) is 17.5 Å². The Balaban J connectivity index is 1.51. The molecule has 8 nitrogen and oxygen atoms in total. The molecule has 2 aromatic rings. The molecule has 2 atom stereocenters. The zero-order valence-corrected chi connectivity index (χ0v) is 16.3. The van der Waals surface area contributed by atoms with E-state index in [1.54, 1.807) is 12.1 Å². The number of hydrogen-bond donors (Lipinski definition) is 0. The molecule has 4 rings (SSSR count). The summed E-state index contributed by atoms with van der Waals surface area (Å²) in [7, 11) is -3.73. The van der Waals surface area contributed by atoms with Crippen LogP contribution in [-0.4, -0.2) is 55.6 Å². The maximum Gasteiger partial charge on any atom is 0.448 e. The van der Waals surface area contributed by atoms with Gasteiger partial charge in [-0.25, -0.2) is 8.42 Å². The summed E-state index contributed by atoms with van der Waals surface area (Å²) in [5.41, 5.74) is 0.120. The van der Waals surface area contributed by atoms with Crippen LogP contribution in [0.5, 0.6) is 5.75 Å². The van der Waals surface area contributed by atoms with E-state index in [4.69, 9.17) is 4.74 Å². The number of ether oxygens (including phenoxy) is 1. The molecule has 12 heteroatoms. The molecule has 1 aromatic heterocycles. The lowest BCUT2D eigenvalue weighted by molar-refractivity contribution is -0.211. The molecule has 0 amide bonds. The first kappa shape index (κ1) is 20.4. The van der Waals surface area contributed by atoms with E-state index >= 15 is 0 Å². The molecular formula is C18H17F3N4O4S. The molecule has 2 unspecified atom stereocenters. The summed E-state index contributed by atoms with van der Waals surface area (Å²) in [6.07, 6.45) is -3.37. The third-order valence-corrected chi connectivity index (χ3v) is 6.53. The molecule has 0 bridgehead atoms. The lowest BCUT2D eigenvalue weighted by atomic mass is 10.2. The Morgan fingerprint density at radius 3 is 2.70 bits per heavy atom. The van der Waals surface area contributed by atoms with Crippen molar-refractivity contribution in [3.05, 3.63) is 48.8 Å². The minimum absolute atomic E-state index is 0.0683. The fourth-order valence-electron chi connectivity index (χ4n) is 3.26. The van der Waals surface area contributed by atoms with Crippen LogP contribution in [0.25, 0.3) is 0 Å². The number of rotatable bonds is 5. The number of alkyl halides is 3. The Hall–Kier alpha value is -2.86. The van der Waals surface area contributed by atoms with Crippen molar-refractivity contribution >= 4 is 22.0 Å². The molecule has 0 spiro atoms. The van der Waals surface area contributed by atoms with Gasteiger partial charge in [0.2, 0.25) is 10.0 Å². The SMILES string of the molecule is O=S(=O)(c1cccnc1)N1CCC(Oc2ccccc2N2C=NOC2C(F)(F)F)C1. The summed E-state index contributed by atoms with van der Waals surface area (Å²) in [5, 5.41) is 3.27. The highest BCUT2D eigenvalue weighted by molar-refractivity contribution is 7.89. The van der Waals surface area contributed by atoms with E-state index in [2.05, 4.69) is 15.0 Å². The van der Waals surface area contributed by atoms with Gasteiger partial charge in [0, 0.05) is 18.9 Å². The summed E-state index contributed by atoms with van der Waals surface area (Å²) in [5.74, 6) is 0.175. The smallest absolute Gasteiger partial charge is 0.448 e. The van der Waals surface area contributed by atoms with E-state index in [-0.39, 0.29) is 29.4 Å². The maximum atomic E-state index is 13.2. The van der Waals surface area contributed by atoms with Crippen LogP contribution < -0.4 is 9.64 Å². The van der Waals surface area contributed by atoms with Gasteiger partial charge in [-0.05, 0) is 30.7 Å². The minimum atomic E-state index is -4.66. The fraction of sp³-hybridized carbons (Fsp3) is 0.333. The van der Waals surface area contributed by atoms with Crippen molar-refractivity contribution in [1.29, 1.82) is 0 Å². The molecule has 0 radical (unpaired) electrons. The molecule has 2 aliphatic heterocycles. The monoisotopic (exact) mass is 442 g/mol. The number of anilines is 1. The molecule has 1 aromatic carbocycles. The summed E-state index contributed by atoms with van der Waals surface area (Å²) in [4.78, 5) is 9.18. The quantitative estimate of drug-likeness (QED) is 0.708. The molecule has 160 valence electrons. The van der Waals surface area contributed by atoms with Crippen molar-refractivity contribution in [3.8, 4) is 5.75 Å². The van der Waals surface area contributed by atoms with Crippen LogP contribution >= 0.6 is 0 Å². The van der Waals surface area contributed by atoms with Crippen LogP contribution in [-0.2, 0) is 14.9 Å². The lowest BCUT2D eigenvalue weighted by Gasteiger charge is -2.26. The third-order valence-electron chi connectivity index (χ3n) is 4.68. The molecule has 0 N–H and O–H groups in total. The predicted octanol–water partition coefficient (Wildman–Crippen LogP) is 2.59. The average molecular weight is 442 g/mol. The van der Waals surface area contributed by atoms with Gasteiger partial charge in [0.1, 0.15) is 23.1 Å². The van der Waals surface area contributed by atoms with E-state index in [0.717, 1.165) is 11.2 Å². The van der Waals surface area contributed by atoms with Crippen LogP contribution in [0.1, 0.15) is 6.42 Å². The van der Waals surface area contributed by atoms with E-state index in [9.17, 15) is 21.6 Å². The highest BCUT2D eigenvalue weighted by Crippen LogP contribution is 2.37. The van der Waals surface area contributed by atoms with Gasteiger partial charge < -0.3 is 9.57 Å². The Labute approximate surface area is 170 Å². The van der Waals surface area contributed by atoms with Gasteiger partial charge in [-0.3, -0.25) is 9.88 Å². The highest BCUT2D eigenvalue weighted by Gasteiger charge is 2.49. The van der Waals surface area contributed by atoms with E-state index in [1.165, 1.54) is 41.0 Å². The first-order valence-corrected chi connectivity index (χ1v) is 10.4. The Morgan fingerprint density at radius 1 is 1.17 bits per heavy atom. The zero-order chi connectivity index (χ0) is 21.4. The van der Waals surface area contributed by atoms with Crippen LogP contribution in [0.4, 0.5) is 18.9 Å². The number of nitrogens with zero attached hydrogens (tertiary/aromatic N) is 4. The Bertz CT molecular complexity index is 1030. The molecule has 30 heavy (non-hydrogen) atoms. The number of oxime groups is 1. The number of para-hydroxylation sites is 2. The maximum absolute atomic E-state index is 13.2. The van der Waals surface area contributed by atoms with Crippen LogP contribution in [0.3, 0.4) is 0 Å². The zero-order valence-electron chi connectivity index (χ0n) is 15.4. The van der Waals surface area contributed by atoms with Gasteiger partial charge in [0.25, 0.3) is 0 Å². The van der Waals surface area contributed by atoms with Gasteiger partial charge in [-0.1, -0.05) is 17.3 Å². The van der Waals surface area contributed by atoms with Gasteiger partial charge in [0.15, 0.2) is 0 Å². The summed E-state index contributed by atoms with van der Waals surface area (Å²) >= 11 is 0. The van der Waals surface area contributed by atoms with Crippen molar-refractivity contribution in [1.82, 2.24) is 9.29 Å². The van der Waals surface area contributed by atoms with E-state index < -0.39 is 28.5 Å². The standard InChI is InChI=1S/C18H17F3N4O4S/c19-18(20,21)17-25(12-23-29-17)15-5-1-2-6-16(15)28-13-7-9-24(11-13)30(26,27)14-4-3-8-22-10-14/h1-6,8,10,12-13,17H,7,9,11H2. The molecule has 3 heterocycles. The van der Waals surface area contributed by atoms with E-state index in [0.29, 0.717) is 6.42 Å². The van der Waals surface area contributed by atoms with Crippen molar-refractivity contribution in [2.24, 2.45) is 5.16 Å². The second-order valence-electron chi connectivity index (χ2n) is 6.68. The lowest BCUT2D eigenvalue weighted by Crippen LogP contribution is -2.43. The summed E-state index contributed by atoms with van der Waals surface area (Å²) in [6.45, 7) is 0.294. The molecule has 2 aliphatic rings. The number of halogens is 3.